The highest BCUT2D eigenvalue weighted by atomic mass is 32.2. The van der Waals surface area contributed by atoms with E-state index in [0.717, 1.165) is 25.2 Å². The van der Waals surface area contributed by atoms with Gasteiger partial charge >= 0.3 is 0 Å². The van der Waals surface area contributed by atoms with Crippen LogP contribution in [-0.2, 0) is 16.1 Å². The molecule has 2 aromatic heterocycles. The van der Waals surface area contributed by atoms with Crippen molar-refractivity contribution in [2.75, 3.05) is 18.9 Å². The number of thioether (sulfide) groups is 1. The number of hydrogen-bond acceptors (Lipinski definition) is 6. The number of aromatic nitrogens is 3. The van der Waals surface area contributed by atoms with E-state index in [1.54, 1.807) is 12.6 Å². The summed E-state index contributed by atoms with van der Waals surface area (Å²) in [5.41, 5.74) is 0. The fourth-order valence-corrected chi connectivity index (χ4v) is 2.99. The van der Waals surface area contributed by atoms with Gasteiger partial charge in [-0.05, 0) is 25.0 Å². The van der Waals surface area contributed by atoms with Crippen LogP contribution in [0.2, 0.25) is 0 Å². The van der Waals surface area contributed by atoms with E-state index in [1.165, 1.54) is 11.8 Å². The Balaban J connectivity index is 1.45. The molecule has 22 heavy (non-hydrogen) atoms. The predicted molar refractivity (Wildman–Crippen MR) is 80.5 cm³/mol. The van der Waals surface area contributed by atoms with Crippen LogP contribution in [0.5, 0.6) is 0 Å². The van der Waals surface area contributed by atoms with Gasteiger partial charge in [-0.25, -0.2) is 0 Å². The molecule has 0 aliphatic carbocycles. The van der Waals surface area contributed by atoms with Crippen molar-refractivity contribution in [2.45, 2.75) is 30.6 Å². The summed E-state index contributed by atoms with van der Waals surface area (Å²) in [6, 6.07) is 3.73. The van der Waals surface area contributed by atoms with Crippen LogP contribution in [-0.4, -0.2) is 45.7 Å². The average molecular weight is 322 g/mol. The standard InChI is InChI=1S/C14H18N4O3S/c19-13(15-7-11-3-1-5-20-11)9-22-14-17-16-10-18(14)8-12-4-2-6-21-12/h2,4,6,10-11H,1,3,5,7-9H2,(H,15,19). The lowest BCUT2D eigenvalue weighted by molar-refractivity contribution is -0.119. The van der Waals surface area contributed by atoms with E-state index < -0.39 is 0 Å². The molecule has 0 aromatic carbocycles. The van der Waals surface area contributed by atoms with E-state index in [1.807, 2.05) is 16.7 Å². The zero-order valence-electron chi connectivity index (χ0n) is 12.1. The van der Waals surface area contributed by atoms with Crippen LogP contribution in [0.15, 0.2) is 34.3 Å². The topological polar surface area (TPSA) is 82.2 Å². The van der Waals surface area contributed by atoms with Crippen LogP contribution in [0, 0.1) is 0 Å². The van der Waals surface area contributed by atoms with Crippen LogP contribution < -0.4 is 5.32 Å². The molecular formula is C14H18N4O3S. The minimum atomic E-state index is -0.0203. The molecule has 0 radical (unpaired) electrons. The highest BCUT2D eigenvalue weighted by molar-refractivity contribution is 7.99. The van der Waals surface area contributed by atoms with Gasteiger partial charge in [0.2, 0.25) is 5.91 Å². The first-order valence-corrected chi connectivity index (χ1v) is 8.21. The van der Waals surface area contributed by atoms with Gasteiger partial charge in [-0.3, -0.25) is 4.79 Å². The van der Waals surface area contributed by atoms with E-state index >= 15 is 0 Å². The van der Waals surface area contributed by atoms with Crippen molar-refractivity contribution in [1.29, 1.82) is 0 Å². The molecular weight excluding hydrogens is 304 g/mol. The first-order valence-electron chi connectivity index (χ1n) is 7.22. The largest absolute Gasteiger partial charge is 0.467 e. The van der Waals surface area contributed by atoms with Crippen molar-refractivity contribution in [3.05, 3.63) is 30.5 Å². The number of furan rings is 1. The molecule has 1 atom stereocenters. The number of nitrogens with one attached hydrogen (secondary N) is 1. The minimum absolute atomic E-state index is 0.0203. The zero-order chi connectivity index (χ0) is 15.2. The molecule has 3 heterocycles. The van der Waals surface area contributed by atoms with E-state index in [-0.39, 0.29) is 12.0 Å². The molecule has 2 aromatic rings. The lowest BCUT2D eigenvalue weighted by atomic mass is 10.2. The highest BCUT2D eigenvalue weighted by Gasteiger charge is 2.16. The molecule has 8 heteroatoms. The summed E-state index contributed by atoms with van der Waals surface area (Å²) in [5.74, 6) is 1.11. The van der Waals surface area contributed by atoms with E-state index in [0.29, 0.717) is 24.0 Å². The molecule has 0 spiro atoms. The van der Waals surface area contributed by atoms with E-state index in [2.05, 4.69) is 15.5 Å². The molecule has 7 nitrogen and oxygen atoms in total. The maximum Gasteiger partial charge on any atom is 0.230 e. The van der Waals surface area contributed by atoms with Gasteiger partial charge in [-0.15, -0.1) is 10.2 Å². The van der Waals surface area contributed by atoms with Gasteiger partial charge in [0, 0.05) is 13.2 Å². The first-order chi connectivity index (χ1) is 10.8. The Bertz CT molecular complexity index is 593. The molecule has 0 bridgehead atoms. The quantitative estimate of drug-likeness (QED) is 0.774. The molecule has 118 valence electrons. The number of ether oxygens (including phenoxy) is 1. The summed E-state index contributed by atoms with van der Waals surface area (Å²) in [7, 11) is 0. The third-order valence-electron chi connectivity index (χ3n) is 3.37. The van der Waals surface area contributed by atoms with Gasteiger partial charge < -0.3 is 19.0 Å². The van der Waals surface area contributed by atoms with Crippen molar-refractivity contribution >= 4 is 17.7 Å². The van der Waals surface area contributed by atoms with Gasteiger partial charge in [0.1, 0.15) is 12.1 Å². The van der Waals surface area contributed by atoms with Crippen LogP contribution in [0.25, 0.3) is 0 Å². The van der Waals surface area contributed by atoms with E-state index in [4.69, 9.17) is 9.15 Å². The van der Waals surface area contributed by atoms with Crippen molar-refractivity contribution in [1.82, 2.24) is 20.1 Å². The highest BCUT2D eigenvalue weighted by Crippen LogP contribution is 2.16. The second-order valence-electron chi connectivity index (χ2n) is 5.05. The molecule has 1 fully saturated rings. The molecule has 1 saturated heterocycles. The normalized spacial score (nSPS) is 17.7. The Labute approximate surface area is 132 Å². The summed E-state index contributed by atoms with van der Waals surface area (Å²) in [5, 5.41) is 11.5. The van der Waals surface area contributed by atoms with Crippen LogP contribution in [0.3, 0.4) is 0 Å². The Morgan fingerprint density at radius 3 is 3.27 bits per heavy atom. The summed E-state index contributed by atoms with van der Waals surface area (Å²) in [6.07, 6.45) is 5.52. The molecule has 1 unspecified atom stereocenters. The van der Waals surface area contributed by atoms with Crippen LogP contribution >= 0.6 is 11.8 Å². The number of hydrogen-bond donors (Lipinski definition) is 1. The van der Waals surface area contributed by atoms with Gasteiger partial charge in [0.25, 0.3) is 0 Å². The maximum atomic E-state index is 11.9. The van der Waals surface area contributed by atoms with Gasteiger partial charge in [-0.2, -0.15) is 0 Å². The average Bonchev–Trinajstić information content (AvgIpc) is 3.26. The van der Waals surface area contributed by atoms with Crippen molar-refractivity contribution < 1.29 is 13.9 Å². The number of carbonyl (C=O) groups is 1. The summed E-state index contributed by atoms with van der Waals surface area (Å²) < 4.78 is 12.6. The molecule has 1 N–H and O–H groups in total. The zero-order valence-corrected chi connectivity index (χ0v) is 12.9. The summed E-state index contributed by atoms with van der Waals surface area (Å²) in [6.45, 7) is 1.93. The smallest absolute Gasteiger partial charge is 0.230 e. The van der Waals surface area contributed by atoms with Crippen LogP contribution in [0.4, 0.5) is 0 Å². The fourth-order valence-electron chi connectivity index (χ4n) is 2.25. The Kier molecular flexibility index (Phi) is 5.12. The second-order valence-corrected chi connectivity index (χ2v) is 5.99. The molecule has 1 aliphatic rings. The summed E-state index contributed by atoms with van der Waals surface area (Å²) in [4.78, 5) is 11.9. The maximum absolute atomic E-state index is 11.9. The van der Waals surface area contributed by atoms with Gasteiger partial charge in [0.05, 0.1) is 24.7 Å². The number of amides is 1. The number of rotatable bonds is 7. The monoisotopic (exact) mass is 322 g/mol. The SMILES string of the molecule is O=C(CSc1nncn1Cc1ccco1)NCC1CCCO1. The summed E-state index contributed by atoms with van der Waals surface area (Å²) >= 11 is 1.36. The third-order valence-corrected chi connectivity index (χ3v) is 4.35. The fraction of sp³-hybridized carbons (Fsp3) is 0.500. The minimum Gasteiger partial charge on any atom is -0.467 e. The molecule has 1 amide bonds. The van der Waals surface area contributed by atoms with Crippen molar-refractivity contribution in [3.8, 4) is 0 Å². The van der Waals surface area contributed by atoms with Crippen LogP contribution in [0.1, 0.15) is 18.6 Å². The lowest BCUT2D eigenvalue weighted by Crippen LogP contribution is -2.32. The molecule has 3 rings (SSSR count). The third kappa shape index (κ3) is 4.11. The number of carbonyl (C=O) groups excluding carboxylic acids is 1. The Hall–Kier alpha value is -1.80. The van der Waals surface area contributed by atoms with Crippen molar-refractivity contribution in [3.63, 3.8) is 0 Å². The first kappa shape index (κ1) is 15.1. The Morgan fingerprint density at radius 1 is 1.55 bits per heavy atom. The van der Waals surface area contributed by atoms with Gasteiger partial charge in [0.15, 0.2) is 5.16 Å². The number of nitrogens with zero attached hydrogens (tertiary/aromatic N) is 3. The van der Waals surface area contributed by atoms with Crippen molar-refractivity contribution in [2.24, 2.45) is 0 Å². The van der Waals surface area contributed by atoms with E-state index in [9.17, 15) is 4.79 Å². The lowest BCUT2D eigenvalue weighted by Gasteiger charge is -2.10. The predicted octanol–water partition coefficient (Wildman–Crippen LogP) is 1.31. The second kappa shape index (κ2) is 7.46. The van der Waals surface area contributed by atoms with Gasteiger partial charge in [-0.1, -0.05) is 11.8 Å². The molecule has 0 saturated carbocycles. The molecule has 1 aliphatic heterocycles. The Morgan fingerprint density at radius 2 is 2.50 bits per heavy atom.